The topological polar surface area (TPSA) is 16.4 Å². The Labute approximate surface area is 200 Å². The Morgan fingerprint density at radius 1 is 0.515 bits per heavy atom. The number of fused-ring (bicyclic) bond motifs is 3. The summed E-state index contributed by atoms with van der Waals surface area (Å²) >= 11 is 3.73. The largest absolute Gasteiger partial charge is 0.456 e. The summed E-state index contributed by atoms with van der Waals surface area (Å²) in [6.45, 7) is 0. The molecule has 0 radical (unpaired) electrons. The molecular formula is C30H20BrNO. The molecule has 6 rings (SSSR count). The summed E-state index contributed by atoms with van der Waals surface area (Å²) < 4.78 is 7.04. The molecule has 2 nitrogen and oxygen atoms in total. The monoisotopic (exact) mass is 489 g/mol. The van der Waals surface area contributed by atoms with Crippen LogP contribution >= 0.6 is 15.9 Å². The van der Waals surface area contributed by atoms with Crippen LogP contribution in [0.25, 0.3) is 33.1 Å². The number of nitrogens with zero attached hydrogens (tertiary/aromatic N) is 1. The lowest BCUT2D eigenvalue weighted by Gasteiger charge is -2.26. The number of anilines is 3. The smallest absolute Gasteiger partial charge is 0.135 e. The number of rotatable bonds is 4. The molecule has 0 atom stereocenters. The van der Waals surface area contributed by atoms with E-state index in [2.05, 4.69) is 118 Å². The van der Waals surface area contributed by atoms with E-state index in [1.54, 1.807) is 0 Å². The van der Waals surface area contributed by atoms with E-state index in [9.17, 15) is 0 Å². The quantitative estimate of drug-likeness (QED) is 0.245. The van der Waals surface area contributed by atoms with Crippen molar-refractivity contribution in [3.05, 3.63) is 126 Å². The van der Waals surface area contributed by atoms with Crippen LogP contribution in [0, 0.1) is 0 Å². The zero-order chi connectivity index (χ0) is 22.2. The summed E-state index contributed by atoms with van der Waals surface area (Å²) in [4.78, 5) is 2.26. The van der Waals surface area contributed by atoms with Gasteiger partial charge in [-0.2, -0.15) is 0 Å². The molecule has 6 aromatic rings. The zero-order valence-electron chi connectivity index (χ0n) is 17.8. The van der Waals surface area contributed by atoms with Gasteiger partial charge >= 0.3 is 0 Å². The van der Waals surface area contributed by atoms with Crippen LogP contribution in [0.15, 0.2) is 130 Å². The Kier molecular flexibility index (Phi) is 4.97. The van der Waals surface area contributed by atoms with Crippen LogP contribution in [-0.4, -0.2) is 0 Å². The zero-order valence-corrected chi connectivity index (χ0v) is 19.4. The molecule has 0 unspecified atom stereocenters. The van der Waals surface area contributed by atoms with Gasteiger partial charge in [-0.3, -0.25) is 0 Å². The molecule has 5 aromatic carbocycles. The van der Waals surface area contributed by atoms with Gasteiger partial charge in [0.2, 0.25) is 0 Å². The van der Waals surface area contributed by atoms with Crippen molar-refractivity contribution in [2.24, 2.45) is 0 Å². The van der Waals surface area contributed by atoms with Crippen molar-refractivity contribution in [2.45, 2.75) is 0 Å². The van der Waals surface area contributed by atoms with Crippen molar-refractivity contribution < 1.29 is 4.42 Å². The van der Waals surface area contributed by atoms with E-state index in [0.717, 1.165) is 43.5 Å². The molecule has 0 aliphatic carbocycles. The third kappa shape index (κ3) is 3.61. The third-order valence-electron chi connectivity index (χ3n) is 5.94. The van der Waals surface area contributed by atoms with Gasteiger partial charge in [-0.15, -0.1) is 0 Å². The molecule has 1 aromatic heterocycles. The predicted molar refractivity (Wildman–Crippen MR) is 142 cm³/mol. The average Bonchev–Trinajstić information content (AvgIpc) is 3.24. The van der Waals surface area contributed by atoms with Crippen LogP contribution in [0.2, 0.25) is 0 Å². The summed E-state index contributed by atoms with van der Waals surface area (Å²) in [6, 6.07) is 42.1. The summed E-state index contributed by atoms with van der Waals surface area (Å²) in [6.07, 6.45) is 0. The molecular weight excluding hydrogens is 470 g/mol. The van der Waals surface area contributed by atoms with Crippen molar-refractivity contribution >= 4 is 54.9 Å². The first-order chi connectivity index (χ1) is 16.3. The lowest BCUT2D eigenvalue weighted by molar-refractivity contribution is 0.669. The fraction of sp³-hybridized carbons (Fsp3) is 0. The Morgan fingerprint density at radius 3 is 1.97 bits per heavy atom. The Balaban J connectivity index is 1.43. The van der Waals surface area contributed by atoms with E-state index < -0.39 is 0 Å². The second kappa shape index (κ2) is 8.27. The molecule has 1 heterocycles. The number of benzene rings is 5. The fourth-order valence-electron chi connectivity index (χ4n) is 4.35. The molecule has 0 spiro atoms. The molecule has 0 amide bonds. The molecule has 0 N–H and O–H groups in total. The van der Waals surface area contributed by atoms with Gasteiger partial charge in [0.05, 0.1) is 5.69 Å². The summed E-state index contributed by atoms with van der Waals surface area (Å²) in [5, 5.41) is 2.29. The molecule has 158 valence electrons. The second-order valence-corrected chi connectivity index (χ2v) is 8.83. The summed E-state index contributed by atoms with van der Waals surface area (Å²) in [5.41, 5.74) is 7.50. The molecule has 0 aliphatic rings. The van der Waals surface area contributed by atoms with Crippen molar-refractivity contribution in [1.82, 2.24) is 0 Å². The van der Waals surface area contributed by atoms with E-state index in [1.165, 1.54) is 11.1 Å². The SMILES string of the molecule is Brc1ccccc1N(c1ccccc1)c1ccc(-c2ccc3oc4ccccc4c3c2)cc1. The maximum atomic E-state index is 5.99. The highest BCUT2D eigenvalue weighted by atomic mass is 79.9. The highest BCUT2D eigenvalue weighted by Gasteiger charge is 2.15. The van der Waals surface area contributed by atoms with E-state index in [0.29, 0.717) is 0 Å². The predicted octanol–water partition coefficient (Wildman–Crippen LogP) is 9.49. The molecule has 0 aliphatic heterocycles. The highest BCUT2D eigenvalue weighted by molar-refractivity contribution is 9.10. The maximum Gasteiger partial charge on any atom is 0.135 e. The van der Waals surface area contributed by atoms with Crippen LogP contribution < -0.4 is 4.90 Å². The van der Waals surface area contributed by atoms with Crippen molar-refractivity contribution in [3.8, 4) is 11.1 Å². The molecule has 33 heavy (non-hydrogen) atoms. The minimum Gasteiger partial charge on any atom is -0.456 e. The van der Waals surface area contributed by atoms with Gasteiger partial charge in [-0.1, -0.05) is 66.7 Å². The molecule has 3 heteroatoms. The molecule has 0 bridgehead atoms. The van der Waals surface area contributed by atoms with E-state index >= 15 is 0 Å². The van der Waals surface area contributed by atoms with Crippen LogP contribution in [0.3, 0.4) is 0 Å². The van der Waals surface area contributed by atoms with E-state index in [4.69, 9.17) is 4.42 Å². The molecule has 0 saturated heterocycles. The van der Waals surface area contributed by atoms with E-state index in [1.807, 2.05) is 24.3 Å². The number of furan rings is 1. The number of halogens is 1. The number of hydrogen-bond acceptors (Lipinski definition) is 2. The van der Waals surface area contributed by atoms with Crippen molar-refractivity contribution in [3.63, 3.8) is 0 Å². The maximum absolute atomic E-state index is 5.99. The third-order valence-corrected chi connectivity index (χ3v) is 6.61. The van der Waals surface area contributed by atoms with Gasteiger partial charge in [0.1, 0.15) is 11.2 Å². The van der Waals surface area contributed by atoms with Gasteiger partial charge in [0.25, 0.3) is 0 Å². The lowest BCUT2D eigenvalue weighted by Crippen LogP contribution is -2.10. The first-order valence-electron chi connectivity index (χ1n) is 10.9. The van der Waals surface area contributed by atoms with Crippen LogP contribution in [0.4, 0.5) is 17.1 Å². The fourth-order valence-corrected chi connectivity index (χ4v) is 4.81. The molecule has 0 saturated carbocycles. The van der Waals surface area contributed by atoms with Gasteiger partial charge in [-0.25, -0.2) is 0 Å². The Bertz CT molecular complexity index is 1570. The first-order valence-corrected chi connectivity index (χ1v) is 11.7. The number of para-hydroxylation sites is 3. The molecule has 0 fully saturated rings. The van der Waals surface area contributed by atoms with Crippen LogP contribution in [0.5, 0.6) is 0 Å². The van der Waals surface area contributed by atoms with E-state index in [-0.39, 0.29) is 0 Å². The lowest BCUT2D eigenvalue weighted by atomic mass is 10.0. The van der Waals surface area contributed by atoms with Crippen molar-refractivity contribution in [1.29, 1.82) is 0 Å². The average molecular weight is 490 g/mol. The minimum absolute atomic E-state index is 0.917. The van der Waals surface area contributed by atoms with Crippen LogP contribution in [-0.2, 0) is 0 Å². The standard InChI is InChI=1S/C30H20BrNO/c31-27-11-5-6-12-28(27)32(23-8-2-1-3-9-23)24-17-14-21(15-18-24)22-16-19-30-26(20-22)25-10-4-7-13-29(25)33-30/h1-20H. The van der Waals surface area contributed by atoms with Gasteiger partial charge in [0, 0.05) is 26.6 Å². The second-order valence-electron chi connectivity index (χ2n) is 7.98. The van der Waals surface area contributed by atoms with Gasteiger partial charge in [-0.05, 0) is 81.7 Å². The number of hydrogen-bond donors (Lipinski definition) is 0. The summed E-state index contributed by atoms with van der Waals surface area (Å²) in [5.74, 6) is 0. The normalized spacial score (nSPS) is 11.2. The van der Waals surface area contributed by atoms with Crippen molar-refractivity contribution in [2.75, 3.05) is 4.90 Å². The minimum atomic E-state index is 0.917. The first kappa shape index (κ1) is 19.8. The van der Waals surface area contributed by atoms with Gasteiger partial charge in [0.15, 0.2) is 0 Å². The Hall–Kier alpha value is -3.82. The Morgan fingerprint density at radius 2 is 1.15 bits per heavy atom. The highest BCUT2D eigenvalue weighted by Crippen LogP contribution is 2.39. The summed E-state index contributed by atoms with van der Waals surface area (Å²) in [7, 11) is 0. The van der Waals surface area contributed by atoms with Gasteiger partial charge < -0.3 is 9.32 Å². The van der Waals surface area contributed by atoms with Crippen LogP contribution in [0.1, 0.15) is 0 Å².